The average Bonchev–Trinajstić information content (AvgIpc) is 2.87. The molecule has 0 aliphatic heterocycles. The van der Waals surface area contributed by atoms with Crippen molar-refractivity contribution in [3.8, 4) is 17.6 Å². The molecule has 0 atom stereocenters. The second-order valence-electron chi connectivity index (χ2n) is 3.94. The SMILES string of the molecule is Cc1coc(SCCOc2cccc(C#CCO)c2)n1. The molecule has 0 amide bonds. The topological polar surface area (TPSA) is 55.5 Å². The summed E-state index contributed by atoms with van der Waals surface area (Å²) >= 11 is 1.51. The summed E-state index contributed by atoms with van der Waals surface area (Å²) in [5.74, 6) is 6.97. The number of benzene rings is 1. The highest BCUT2D eigenvalue weighted by Crippen LogP contribution is 2.17. The van der Waals surface area contributed by atoms with E-state index in [-0.39, 0.29) is 6.61 Å². The first-order chi connectivity index (χ1) is 9.78. The van der Waals surface area contributed by atoms with E-state index in [0.29, 0.717) is 11.8 Å². The van der Waals surface area contributed by atoms with E-state index < -0.39 is 0 Å². The molecule has 2 rings (SSSR count). The minimum atomic E-state index is -0.142. The van der Waals surface area contributed by atoms with Crippen LogP contribution in [0.15, 0.2) is 40.2 Å². The lowest BCUT2D eigenvalue weighted by Gasteiger charge is -2.05. The number of nitrogens with zero attached hydrogens (tertiary/aromatic N) is 1. The number of ether oxygens (including phenoxy) is 1. The summed E-state index contributed by atoms with van der Waals surface area (Å²) in [7, 11) is 0. The number of aliphatic hydroxyl groups excluding tert-OH is 1. The highest BCUT2D eigenvalue weighted by atomic mass is 32.2. The number of rotatable bonds is 5. The molecule has 0 radical (unpaired) electrons. The largest absolute Gasteiger partial charge is 0.493 e. The lowest BCUT2D eigenvalue weighted by atomic mass is 10.2. The molecule has 0 fully saturated rings. The zero-order valence-electron chi connectivity index (χ0n) is 11.1. The summed E-state index contributed by atoms with van der Waals surface area (Å²) in [5.41, 5.74) is 1.70. The molecule has 2 aromatic rings. The van der Waals surface area contributed by atoms with Crippen molar-refractivity contribution in [2.75, 3.05) is 19.0 Å². The van der Waals surface area contributed by atoms with Gasteiger partial charge in [0.1, 0.15) is 18.6 Å². The number of aryl methyl sites for hydroxylation is 1. The van der Waals surface area contributed by atoms with Gasteiger partial charge in [-0.25, -0.2) is 4.98 Å². The first-order valence-electron chi connectivity index (χ1n) is 6.15. The van der Waals surface area contributed by atoms with Crippen LogP contribution in [-0.2, 0) is 0 Å². The summed E-state index contributed by atoms with van der Waals surface area (Å²) in [6.07, 6.45) is 1.63. The Bertz CT molecular complexity index is 613. The van der Waals surface area contributed by atoms with Crippen molar-refractivity contribution in [3.63, 3.8) is 0 Å². The van der Waals surface area contributed by atoms with Crippen molar-refractivity contribution in [3.05, 3.63) is 41.8 Å². The summed E-state index contributed by atoms with van der Waals surface area (Å²) in [5, 5.41) is 9.32. The van der Waals surface area contributed by atoms with Gasteiger partial charge in [-0.2, -0.15) is 0 Å². The van der Waals surface area contributed by atoms with Crippen LogP contribution in [0, 0.1) is 18.8 Å². The summed E-state index contributed by atoms with van der Waals surface area (Å²) < 4.78 is 10.9. The van der Waals surface area contributed by atoms with E-state index in [2.05, 4.69) is 16.8 Å². The molecule has 0 unspecified atom stereocenters. The van der Waals surface area contributed by atoms with Crippen molar-refractivity contribution in [1.82, 2.24) is 4.98 Å². The first kappa shape index (κ1) is 14.5. The number of hydrogen-bond donors (Lipinski definition) is 1. The fraction of sp³-hybridized carbons (Fsp3) is 0.267. The van der Waals surface area contributed by atoms with Crippen LogP contribution in [0.2, 0.25) is 0 Å². The third kappa shape index (κ3) is 4.65. The zero-order valence-corrected chi connectivity index (χ0v) is 11.9. The monoisotopic (exact) mass is 289 g/mol. The van der Waals surface area contributed by atoms with Gasteiger partial charge in [-0.15, -0.1) is 0 Å². The quantitative estimate of drug-likeness (QED) is 0.520. The number of oxazole rings is 1. The van der Waals surface area contributed by atoms with E-state index in [1.165, 1.54) is 11.8 Å². The summed E-state index contributed by atoms with van der Waals surface area (Å²) in [6, 6.07) is 7.48. The van der Waals surface area contributed by atoms with Crippen molar-refractivity contribution < 1.29 is 14.3 Å². The molecule has 0 aliphatic rings. The molecule has 5 heteroatoms. The molecule has 20 heavy (non-hydrogen) atoms. The van der Waals surface area contributed by atoms with Gasteiger partial charge in [-0.1, -0.05) is 29.7 Å². The Kier molecular flexibility index (Phi) is 5.54. The van der Waals surface area contributed by atoms with Gasteiger partial charge in [0, 0.05) is 11.3 Å². The van der Waals surface area contributed by atoms with Gasteiger partial charge < -0.3 is 14.3 Å². The van der Waals surface area contributed by atoms with E-state index in [0.717, 1.165) is 22.8 Å². The average molecular weight is 289 g/mol. The van der Waals surface area contributed by atoms with Crippen molar-refractivity contribution in [2.24, 2.45) is 0 Å². The third-order valence-electron chi connectivity index (χ3n) is 2.32. The Labute approximate surface area is 122 Å². The number of aromatic nitrogens is 1. The first-order valence-corrected chi connectivity index (χ1v) is 7.14. The molecule has 1 heterocycles. The van der Waals surface area contributed by atoms with E-state index in [4.69, 9.17) is 14.3 Å². The van der Waals surface area contributed by atoms with Crippen LogP contribution in [0.5, 0.6) is 5.75 Å². The summed E-state index contributed by atoms with van der Waals surface area (Å²) in [6.45, 7) is 2.31. The molecule has 0 saturated carbocycles. The van der Waals surface area contributed by atoms with Gasteiger partial charge in [0.25, 0.3) is 5.22 Å². The maximum atomic E-state index is 8.66. The van der Waals surface area contributed by atoms with Crippen molar-refractivity contribution >= 4 is 11.8 Å². The zero-order chi connectivity index (χ0) is 14.2. The van der Waals surface area contributed by atoms with E-state index in [1.54, 1.807) is 6.26 Å². The van der Waals surface area contributed by atoms with Gasteiger partial charge in [0.2, 0.25) is 0 Å². The Morgan fingerprint density at radius 3 is 3.10 bits per heavy atom. The second-order valence-corrected chi connectivity index (χ2v) is 4.99. The standard InChI is InChI=1S/C15H15NO3S/c1-12-11-19-15(16-12)20-9-8-18-14-6-2-4-13(10-14)5-3-7-17/h2,4,6,10-11,17H,7-9H2,1H3. The van der Waals surface area contributed by atoms with Gasteiger partial charge in [-0.3, -0.25) is 0 Å². The molecular weight excluding hydrogens is 274 g/mol. The van der Waals surface area contributed by atoms with E-state index >= 15 is 0 Å². The molecule has 0 aliphatic carbocycles. The number of aliphatic hydroxyl groups is 1. The Morgan fingerprint density at radius 1 is 1.45 bits per heavy atom. The lowest BCUT2D eigenvalue weighted by molar-refractivity contribution is 0.343. The van der Waals surface area contributed by atoms with Crippen molar-refractivity contribution in [2.45, 2.75) is 12.1 Å². The lowest BCUT2D eigenvalue weighted by Crippen LogP contribution is -2.00. The van der Waals surface area contributed by atoms with Crippen LogP contribution in [0.3, 0.4) is 0 Å². The van der Waals surface area contributed by atoms with E-state index in [9.17, 15) is 0 Å². The Morgan fingerprint density at radius 2 is 2.35 bits per heavy atom. The fourth-order valence-corrected chi connectivity index (χ4v) is 2.16. The van der Waals surface area contributed by atoms with Gasteiger partial charge in [0.05, 0.1) is 12.3 Å². The molecule has 0 saturated heterocycles. The van der Waals surface area contributed by atoms with Gasteiger partial charge >= 0.3 is 0 Å². The normalized spacial score (nSPS) is 9.90. The van der Waals surface area contributed by atoms with Gasteiger partial charge in [-0.05, 0) is 25.1 Å². The molecule has 0 bridgehead atoms. The minimum Gasteiger partial charge on any atom is -0.493 e. The maximum Gasteiger partial charge on any atom is 0.255 e. The highest BCUT2D eigenvalue weighted by Gasteiger charge is 2.01. The predicted molar refractivity (Wildman–Crippen MR) is 77.9 cm³/mol. The van der Waals surface area contributed by atoms with Crippen molar-refractivity contribution in [1.29, 1.82) is 0 Å². The van der Waals surface area contributed by atoms with E-state index in [1.807, 2.05) is 31.2 Å². The Balaban J connectivity index is 1.79. The third-order valence-corrected chi connectivity index (χ3v) is 3.13. The van der Waals surface area contributed by atoms with Crippen LogP contribution in [0.4, 0.5) is 0 Å². The molecule has 1 aromatic heterocycles. The van der Waals surface area contributed by atoms with Crippen LogP contribution in [0.1, 0.15) is 11.3 Å². The summed E-state index contributed by atoms with van der Waals surface area (Å²) in [4.78, 5) is 4.20. The van der Waals surface area contributed by atoms with Gasteiger partial charge in [0.15, 0.2) is 0 Å². The number of thioether (sulfide) groups is 1. The smallest absolute Gasteiger partial charge is 0.255 e. The highest BCUT2D eigenvalue weighted by molar-refractivity contribution is 7.99. The van der Waals surface area contributed by atoms with Crippen LogP contribution in [-0.4, -0.2) is 29.1 Å². The molecule has 1 aromatic carbocycles. The van der Waals surface area contributed by atoms with Crippen LogP contribution < -0.4 is 4.74 Å². The molecule has 104 valence electrons. The minimum absolute atomic E-state index is 0.142. The second kappa shape index (κ2) is 7.63. The Hall–Kier alpha value is -1.90. The predicted octanol–water partition coefficient (Wildman–Crippen LogP) is 2.50. The molecule has 4 nitrogen and oxygen atoms in total. The number of hydrogen-bond acceptors (Lipinski definition) is 5. The van der Waals surface area contributed by atoms with Crippen LogP contribution in [0.25, 0.3) is 0 Å². The molecule has 1 N–H and O–H groups in total. The maximum absolute atomic E-state index is 8.66. The fourth-order valence-electron chi connectivity index (χ4n) is 1.49. The molecular formula is C15H15NO3S. The van der Waals surface area contributed by atoms with Crippen LogP contribution >= 0.6 is 11.8 Å². The molecule has 0 spiro atoms.